The highest BCUT2D eigenvalue weighted by molar-refractivity contribution is 5.85. The molecule has 4 nitrogen and oxygen atoms in total. The van der Waals surface area contributed by atoms with Crippen LogP contribution in [-0.4, -0.2) is 31.6 Å². The number of halogens is 1. The van der Waals surface area contributed by atoms with Gasteiger partial charge in [0.15, 0.2) is 0 Å². The molecule has 1 atom stereocenters. The van der Waals surface area contributed by atoms with Crippen LogP contribution in [0.4, 0.5) is 0 Å². The van der Waals surface area contributed by atoms with Crippen LogP contribution in [0.2, 0.25) is 0 Å². The van der Waals surface area contributed by atoms with Crippen molar-refractivity contribution in [1.82, 2.24) is 10.6 Å². The zero-order valence-electron chi connectivity index (χ0n) is 14.4. The predicted molar refractivity (Wildman–Crippen MR) is 96.5 cm³/mol. The van der Waals surface area contributed by atoms with Gasteiger partial charge in [-0.2, -0.15) is 0 Å². The van der Waals surface area contributed by atoms with Gasteiger partial charge < -0.3 is 15.4 Å². The van der Waals surface area contributed by atoms with Gasteiger partial charge >= 0.3 is 0 Å². The number of hydrogen-bond acceptors (Lipinski definition) is 3. The van der Waals surface area contributed by atoms with E-state index in [2.05, 4.69) is 43.5 Å². The molecule has 1 fully saturated rings. The van der Waals surface area contributed by atoms with E-state index >= 15 is 0 Å². The lowest BCUT2D eigenvalue weighted by Gasteiger charge is -2.19. The Balaban J connectivity index is 0.00000264. The van der Waals surface area contributed by atoms with Crippen LogP contribution in [0.5, 0.6) is 5.75 Å². The third kappa shape index (κ3) is 6.80. The first-order valence-corrected chi connectivity index (χ1v) is 8.18. The summed E-state index contributed by atoms with van der Waals surface area (Å²) in [6, 6.07) is 8.51. The van der Waals surface area contributed by atoms with Crippen molar-refractivity contribution in [3.63, 3.8) is 0 Å². The van der Waals surface area contributed by atoms with Crippen LogP contribution in [-0.2, 0) is 10.2 Å². The molecular weight excluding hydrogens is 312 g/mol. The van der Waals surface area contributed by atoms with Crippen LogP contribution >= 0.6 is 12.4 Å². The Bertz CT molecular complexity index is 494. The van der Waals surface area contributed by atoms with Gasteiger partial charge in [-0.1, -0.05) is 32.9 Å². The largest absolute Gasteiger partial charge is 0.492 e. The highest BCUT2D eigenvalue weighted by atomic mass is 35.5. The summed E-state index contributed by atoms with van der Waals surface area (Å²) in [5.74, 6) is 0.963. The predicted octanol–water partition coefficient (Wildman–Crippen LogP) is 3.04. The summed E-state index contributed by atoms with van der Waals surface area (Å²) in [5.41, 5.74) is 1.36. The molecule has 2 N–H and O–H groups in total. The van der Waals surface area contributed by atoms with E-state index in [1.165, 1.54) is 12.0 Å². The van der Waals surface area contributed by atoms with E-state index < -0.39 is 0 Å². The van der Waals surface area contributed by atoms with E-state index in [4.69, 9.17) is 4.74 Å². The maximum absolute atomic E-state index is 11.8. The third-order valence-corrected chi connectivity index (χ3v) is 3.99. The molecule has 1 aliphatic rings. The van der Waals surface area contributed by atoms with E-state index in [0.717, 1.165) is 18.7 Å². The molecule has 2 rings (SSSR count). The molecule has 5 heteroatoms. The molecular formula is C18H29ClN2O2. The molecule has 0 bridgehead atoms. The normalized spacial score (nSPS) is 17.4. The molecule has 1 aliphatic heterocycles. The van der Waals surface area contributed by atoms with Crippen LogP contribution in [0.25, 0.3) is 0 Å². The lowest BCUT2D eigenvalue weighted by atomic mass is 9.87. The van der Waals surface area contributed by atoms with Crippen molar-refractivity contribution in [2.45, 2.75) is 51.5 Å². The highest BCUT2D eigenvalue weighted by Crippen LogP contribution is 2.25. The van der Waals surface area contributed by atoms with Crippen LogP contribution in [0, 0.1) is 0 Å². The lowest BCUT2D eigenvalue weighted by Crippen LogP contribution is -2.33. The van der Waals surface area contributed by atoms with Crippen molar-refractivity contribution < 1.29 is 9.53 Å². The zero-order valence-corrected chi connectivity index (χ0v) is 15.2. The minimum atomic E-state index is 0. The fourth-order valence-electron chi connectivity index (χ4n) is 2.64. The van der Waals surface area contributed by atoms with Crippen LogP contribution in [0.1, 0.15) is 45.6 Å². The molecule has 23 heavy (non-hydrogen) atoms. The summed E-state index contributed by atoms with van der Waals surface area (Å²) < 4.78 is 5.73. The molecule has 1 aromatic carbocycles. The number of carbonyl (C=O) groups excluding carboxylic acids is 1. The Morgan fingerprint density at radius 2 is 2.17 bits per heavy atom. The summed E-state index contributed by atoms with van der Waals surface area (Å²) in [6.07, 6.45) is 2.84. The number of hydrogen-bond donors (Lipinski definition) is 2. The number of nitrogens with one attached hydrogen (secondary N) is 2. The van der Waals surface area contributed by atoms with Gasteiger partial charge in [0, 0.05) is 12.5 Å². The Hall–Kier alpha value is -1.26. The first-order chi connectivity index (χ1) is 10.4. The molecule has 0 saturated carbocycles. The van der Waals surface area contributed by atoms with Crippen LogP contribution < -0.4 is 15.4 Å². The smallest absolute Gasteiger partial charge is 0.221 e. The van der Waals surface area contributed by atoms with E-state index in [1.807, 2.05) is 12.1 Å². The maximum Gasteiger partial charge on any atom is 0.221 e. The van der Waals surface area contributed by atoms with E-state index in [-0.39, 0.29) is 23.7 Å². The molecule has 1 unspecified atom stereocenters. The van der Waals surface area contributed by atoms with Gasteiger partial charge in [-0.3, -0.25) is 4.79 Å². The number of carbonyl (C=O) groups is 1. The number of ether oxygens (including phenoxy) is 1. The summed E-state index contributed by atoms with van der Waals surface area (Å²) in [5, 5.41) is 6.25. The van der Waals surface area contributed by atoms with Gasteiger partial charge in [-0.05, 0) is 42.5 Å². The minimum Gasteiger partial charge on any atom is -0.492 e. The molecule has 0 aromatic heterocycles. The van der Waals surface area contributed by atoms with Crippen molar-refractivity contribution >= 4 is 18.3 Å². The second-order valence-corrected chi connectivity index (χ2v) is 6.97. The van der Waals surface area contributed by atoms with Crippen LogP contribution in [0.15, 0.2) is 24.3 Å². The molecule has 0 spiro atoms. The summed E-state index contributed by atoms with van der Waals surface area (Å²) >= 11 is 0. The monoisotopic (exact) mass is 340 g/mol. The van der Waals surface area contributed by atoms with Gasteiger partial charge in [0.25, 0.3) is 0 Å². The number of rotatable bonds is 6. The molecule has 1 saturated heterocycles. The summed E-state index contributed by atoms with van der Waals surface area (Å²) in [6.45, 7) is 8.63. The Labute approximate surface area is 145 Å². The van der Waals surface area contributed by atoms with Crippen molar-refractivity contribution in [1.29, 1.82) is 0 Å². The topological polar surface area (TPSA) is 50.4 Å². The standard InChI is InChI=1S/C18H28N2O2.ClH/c1-18(2,3)14-6-4-8-16(12-14)22-11-10-20-17(21)13-15-7-5-9-19-15;/h4,6,8,12,15,19H,5,7,9-11,13H2,1-3H3,(H,20,21);1H. The number of benzene rings is 1. The molecule has 1 aromatic rings. The first-order valence-electron chi connectivity index (χ1n) is 8.18. The summed E-state index contributed by atoms with van der Waals surface area (Å²) in [7, 11) is 0. The second kappa shape index (κ2) is 9.14. The fourth-order valence-corrected chi connectivity index (χ4v) is 2.64. The van der Waals surface area contributed by atoms with Crippen molar-refractivity contribution in [3.05, 3.63) is 29.8 Å². The molecule has 1 heterocycles. The lowest BCUT2D eigenvalue weighted by molar-refractivity contribution is -0.121. The quantitative estimate of drug-likeness (QED) is 0.782. The van der Waals surface area contributed by atoms with Gasteiger partial charge in [-0.25, -0.2) is 0 Å². The summed E-state index contributed by atoms with van der Waals surface area (Å²) in [4.78, 5) is 11.8. The SMILES string of the molecule is CC(C)(C)c1cccc(OCCNC(=O)CC2CCCN2)c1.Cl. The Morgan fingerprint density at radius 1 is 1.39 bits per heavy atom. The zero-order chi connectivity index (χ0) is 16.0. The fraction of sp³-hybridized carbons (Fsp3) is 0.611. The van der Waals surface area contributed by atoms with Crippen molar-refractivity contribution in [2.24, 2.45) is 0 Å². The van der Waals surface area contributed by atoms with Crippen LogP contribution in [0.3, 0.4) is 0 Å². The third-order valence-electron chi connectivity index (χ3n) is 3.99. The van der Waals surface area contributed by atoms with Gasteiger partial charge in [-0.15, -0.1) is 12.4 Å². The first kappa shape index (κ1) is 19.8. The second-order valence-electron chi connectivity index (χ2n) is 6.97. The van der Waals surface area contributed by atoms with Gasteiger partial charge in [0.2, 0.25) is 5.91 Å². The van der Waals surface area contributed by atoms with Gasteiger partial charge in [0.1, 0.15) is 12.4 Å². The molecule has 0 radical (unpaired) electrons. The Kier molecular flexibility index (Phi) is 7.86. The Morgan fingerprint density at radius 3 is 2.83 bits per heavy atom. The number of amides is 1. The van der Waals surface area contributed by atoms with Crippen molar-refractivity contribution in [2.75, 3.05) is 19.7 Å². The van der Waals surface area contributed by atoms with E-state index in [0.29, 0.717) is 25.6 Å². The highest BCUT2D eigenvalue weighted by Gasteiger charge is 2.17. The van der Waals surface area contributed by atoms with Gasteiger partial charge in [0.05, 0.1) is 6.54 Å². The molecule has 0 aliphatic carbocycles. The van der Waals surface area contributed by atoms with E-state index in [9.17, 15) is 4.79 Å². The molecule has 1 amide bonds. The molecule has 130 valence electrons. The minimum absolute atomic E-state index is 0. The van der Waals surface area contributed by atoms with E-state index in [1.54, 1.807) is 0 Å². The maximum atomic E-state index is 11.8. The van der Waals surface area contributed by atoms with Crippen molar-refractivity contribution in [3.8, 4) is 5.75 Å². The average Bonchev–Trinajstić information content (AvgIpc) is 2.96. The average molecular weight is 341 g/mol.